The van der Waals surface area contributed by atoms with Crippen LogP contribution in [-0.2, 0) is 0 Å². The monoisotopic (exact) mass is 282 g/mol. The van der Waals surface area contributed by atoms with E-state index in [9.17, 15) is 13.9 Å². The molecule has 2 aliphatic rings. The van der Waals surface area contributed by atoms with Gasteiger partial charge in [-0.25, -0.2) is 8.78 Å². The SMILES string of the molecule is OC1CC(Oc2cc(F)cc(F)c2)C12CCCCCC2. The third-order valence-corrected chi connectivity index (χ3v) is 4.89. The lowest BCUT2D eigenvalue weighted by Gasteiger charge is -2.53. The van der Waals surface area contributed by atoms with Gasteiger partial charge in [0.25, 0.3) is 0 Å². The van der Waals surface area contributed by atoms with Crippen molar-refractivity contribution < 1.29 is 18.6 Å². The molecule has 0 bridgehead atoms. The van der Waals surface area contributed by atoms with E-state index < -0.39 is 11.6 Å². The van der Waals surface area contributed by atoms with Gasteiger partial charge in [0, 0.05) is 30.0 Å². The number of hydrogen-bond acceptors (Lipinski definition) is 2. The molecule has 0 saturated heterocycles. The highest BCUT2D eigenvalue weighted by Gasteiger charge is 2.55. The molecule has 4 heteroatoms. The van der Waals surface area contributed by atoms with Crippen molar-refractivity contribution in [3.8, 4) is 5.75 Å². The van der Waals surface area contributed by atoms with Crippen molar-refractivity contribution in [3.63, 3.8) is 0 Å². The summed E-state index contributed by atoms with van der Waals surface area (Å²) in [6, 6.07) is 3.25. The number of aliphatic hydroxyl groups excluding tert-OH is 1. The topological polar surface area (TPSA) is 29.5 Å². The first-order valence-corrected chi connectivity index (χ1v) is 7.41. The van der Waals surface area contributed by atoms with E-state index in [2.05, 4.69) is 0 Å². The summed E-state index contributed by atoms with van der Waals surface area (Å²) in [4.78, 5) is 0. The maximum atomic E-state index is 13.2. The second-order valence-electron chi connectivity index (χ2n) is 6.11. The molecule has 20 heavy (non-hydrogen) atoms. The molecule has 1 aromatic rings. The van der Waals surface area contributed by atoms with Crippen LogP contribution < -0.4 is 4.74 Å². The highest BCUT2D eigenvalue weighted by molar-refractivity contribution is 5.25. The van der Waals surface area contributed by atoms with Crippen LogP contribution in [0.2, 0.25) is 0 Å². The van der Waals surface area contributed by atoms with Gasteiger partial charge in [-0.3, -0.25) is 0 Å². The Morgan fingerprint density at radius 2 is 1.60 bits per heavy atom. The quantitative estimate of drug-likeness (QED) is 0.893. The molecule has 0 aliphatic heterocycles. The molecule has 2 atom stereocenters. The van der Waals surface area contributed by atoms with Gasteiger partial charge in [0.1, 0.15) is 23.5 Å². The number of benzene rings is 1. The molecular weight excluding hydrogens is 262 g/mol. The van der Waals surface area contributed by atoms with Gasteiger partial charge in [0.15, 0.2) is 0 Å². The number of rotatable bonds is 2. The molecule has 2 unspecified atom stereocenters. The lowest BCUT2D eigenvalue weighted by atomic mass is 9.59. The lowest BCUT2D eigenvalue weighted by Crippen LogP contribution is -2.59. The van der Waals surface area contributed by atoms with E-state index in [0.29, 0.717) is 6.42 Å². The highest BCUT2D eigenvalue weighted by Crippen LogP contribution is 2.52. The Balaban J connectivity index is 1.76. The first kappa shape index (κ1) is 13.8. The molecule has 110 valence electrons. The van der Waals surface area contributed by atoms with Crippen molar-refractivity contribution in [2.75, 3.05) is 0 Å². The molecule has 0 radical (unpaired) electrons. The summed E-state index contributed by atoms with van der Waals surface area (Å²) >= 11 is 0. The molecule has 2 saturated carbocycles. The number of aliphatic hydroxyl groups is 1. The second kappa shape index (κ2) is 5.32. The summed E-state index contributed by atoms with van der Waals surface area (Å²) in [5, 5.41) is 10.2. The molecule has 1 N–H and O–H groups in total. The van der Waals surface area contributed by atoms with Gasteiger partial charge in [-0.15, -0.1) is 0 Å². The molecule has 0 heterocycles. The fourth-order valence-corrected chi connectivity index (χ4v) is 3.69. The van der Waals surface area contributed by atoms with Crippen LogP contribution in [0.25, 0.3) is 0 Å². The van der Waals surface area contributed by atoms with Gasteiger partial charge in [0.2, 0.25) is 0 Å². The lowest BCUT2D eigenvalue weighted by molar-refractivity contribution is -0.163. The Morgan fingerprint density at radius 3 is 2.15 bits per heavy atom. The maximum Gasteiger partial charge on any atom is 0.129 e. The normalized spacial score (nSPS) is 28.8. The Hall–Kier alpha value is -1.16. The molecule has 2 aliphatic carbocycles. The first-order chi connectivity index (χ1) is 9.60. The largest absolute Gasteiger partial charge is 0.489 e. The van der Waals surface area contributed by atoms with Crippen LogP contribution in [0.15, 0.2) is 18.2 Å². The third kappa shape index (κ3) is 2.41. The van der Waals surface area contributed by atoms with Gasteiger partial charge < -0.3 is 9.84 Å². The van der Waals surface area contributed by atoms with Gasteiger partial charge in [0.05, 0.1) is 6.10 Å². The van der Waals surface area contributed by atoms with Crippen LogP contribution in [0.1, 0.15) is 44.9 Å². The van der Waals surface area contributed by atoms with Crippen LogP contribution in [0, 0.1) is 17.0 Å². The summed E-state index contributed by atoms with van der Waals surface area (Å²) in [5.41, 5.74) is -0.209. The Kier molecular flexibility index (Phi) is 3.67. The Bertz CT molecular complexity index is 461. The predicted octanol–water partition coefficient (Wildman–Crippen LogP) is 3.82. The van der Waals surface area contributed by atoms with Crippen molar-refractivity contribution in [1.82, 2.24) is 0 Å². The summed E-state index contributed by atoms with van der Waals surface area (Å²) in [7, 11) is 0. The van der Waals surface area contributed by atoms with E-state index in [1.165, 1.54) is 25.0 Å². The van der Waals surface area contributed by atoms with E-state index in [0.717, 1.165) is 31.7 Å². The molecule has 0 aromatic heterocycles. The minimum Gasteiger partial charge on any atom is -0.489 e. The molecule has 0 amide bonds. The average molecular weight is 282 g/mol. The summed E-state index contributed by atoms with van der Waals surface area (Å²) in [5.74, 6) is -1.03. The van der Waals surface area contributed by atoms with Crippen molar-refractivity contribution in [1.29, 1.82) is 0 Å². The zero-order valence-electron chi connectivity index (χ0n) is 11.4. The average Bonchev–Trinajstić information content (AvgIpc) is 2.65. The van der Waals surface area contributed by atoms with Crippen LogP contribution in [0.3, 0.4) is 0 Å². The van der Waals surface area contributed by atoms with Crippen molar-refractivity contribution in [2.24, 2.45) is 5.41 Å². The van der Waals surface area contributed by atoms with E-state index in [1.807, 2.05) is 0 Å². The first-order valence-electron chi connectivity index (χ1n) is 7.41. The van der Waals surface area contributed by atoms with E-state index in [-0.39, 0.29) is 23.4 Å². The zero-order valence-corrected chi connectivity index (χ0v) is 11.4. The number of ether oxygens (including phenoxy) is 1. The molecule has 1 spiro atoms. The van der Waals surface area contributed by atoms with Gasteiger partial charge in [-0.2, -0.15) is 0 Å². The van der Waals surface area contributed by atoms with E-state index in [1.54, 1.807) is 0 Å². The summed E-state index contributed by atoms with van der Waals surface area (Å²) in [6.07, 6.45) is 6.53. The third-order valence-electron chi connectivity index (χ3n) is 4.89. The van der Waals surface area contributed by atoms with Crippen LogP contribution in [0.5, 0.6) is 5.75 Å². The minimum atomic E-state index is -0.630. The van der Waals surface area contributed by atoms with E-state index >= 15 is 0 Å². The molecule has 2 nitrogen and oxygen atoms in total. The Labute approximate surface area is 117 Å². The summed E-state index contributed by atoms with van der Waals surface area (Å²) in [6.45, 7) is 0. The molecular formula is C16H20F2O2. The van der Waals surface area contributed by atoms with Gasteiger partial charge >= 0.3 is 0 Å². The zero-order chi connectivity index (χ0) is 14.2. The fraction of sp³-hybridized carbons (Fsp3) is 0.625. The van der Waals surface area contributed by atoms with Crippen molar-refractivity contribution in [3.05, 3.63) is 29.8 Å². The Morgan fingerprint density at radius 1 is 1.00 bits per heavy atom. The maximum absolute atomic E-state index is 13.2. The molecule has 3 rings (SSSR count). The van der Waals surface area contributed by atoms with Crippen molar-refractivity contribution >= 4 is 0 Å². The highest BCUT2D eigenvalue weighted by atomic mass is 19.1. The second-order valence-corrected chi connectivity index (χ2v) is 6.11. The van der Waals surface area contributed by atoms with Crippen LogP contribution in [-0.4, -0.2) is 17.3 Å². The molecule has 1 aromatic carbocycles. The van der Waals surface area contributed by atoms with Crippen molar-refractivity contribution in [2.45, 2.75) is 57.2 Å². The van der Waals surface area contributed by atoms with Gasteiger partial charge in [-0.05, 0) is 12.8 Å². The number of halogens is 2. The van der Waals surface area contributed by atoms with Gasteiger partial charge in [-0.1, -0.05) is 25.7 Å². The van der Waals surface area contributed by atoms with E-state index in [4.69, 9.17) is 4.74 Å². The van der Waals surface area contributed by atoms with Crippen LogP contribution in [0.4, 0.5) is 8.78 Å². The number of hydrogen-bond donors (Lipinski definition) is 1. The minimum absolute atomic E-state index is 0.128. The smallest absolute Gasteiger partial charge is 0.129 e. The summed E-state index contributed by atoms with van der Waals surface area (Å²) < 4.78 is 32.2. The molecule has 2 fully saturated rings. The predicted molar refractivity (Wildman–Crippen MR) is 71.5 cm³/mol. The fourth-order valence-electron chi connectivity index (χ4n) is 3.69. The van der Waals surface area contributed by atoms with Crippen LogP contribution >= 0.6 is 0 Å². The standard InChI is InChI=1S/C16H20F2O2/c17-11-7-12(18)9-13(8-11)20-15-10-14(19)16(15)5-3-1-2-4-6-16/h7-9,14-15,19H,1-6,10H2.